The highest BCUT2D eigenvalue weighted by Crippen LogP contribution is 2.27. The molecule has 1 aliphatic rings. The van der Waals surface area contributed by atoms with Crippen LogP contribution in [0.2, 0.25) is 0 Å². The Hall–Kier alpha value is -2.91. The smallest absolute Gasteiger partial charge is 0.265 e. The Morgan fingerprint density at radius 1 is 1.18 bits per heavy atom. The molecule has 4 rings (SSSR count). The Morgan fingerprint density at radius 3 is 2.39 bits per heavy atom. The molecule has 4 heterocycles. The topological polar surface area (TPSA) is 118 Å². The highest BCUT2D eigenvalue weighted by Gasteiger charge is 2.24. The van der Waals surface area contributed by atoms with Gasteiger partial charge in [0, 0.05) is 42.8 Å². The average Bonchev–Trinajstić information content (AvgIpc) is 3.43. The fourth-order valence-corrected chi connectivity index (χ4v) is 4.39. The minimum Gasteiger partial charge on any atom is -0.338 e. The SMILES string of the molecule is CC(C)c1cc(C(C)(C)N)cc(=O)[nH]1.Cc1nc(-c2ncccn2)sc1C(=O)N1CCCC1. The average molecular weight is 469 g/mol. The molecule has 3 N–H and O–H groups in total. The molecule has 0 bridgehead atoms. The van der Waals surface area contributed by atoms with E-state index in [0.29, 0.717) is 21.6 Å². The summed E-state index contributed by atoms with van der Waals surface area (Å²) in [6.07, 6.45) is 5.55. The Labute approximate surface area is 198 Å². The van der Waals surface area contributed by atoms with Crippen molar-refractivity contribution < 1.29 is 4.79 Å². The third kappa shape index (κ3) is 6.33. The van der Waals surface area contributed by atoms with Crippen LogP contribution in [-0.4, -0.2) is 43.8 Å². The number of likely N-dealkylation sites (tertiary alicyclic amines) is 1. The van der Waals surface area contributed by atoms with Gasteiger partial charge in [-0.25, -0.2) is 15.0 Å². The zero-order valence-electron chi connectivity index (χ0n) is 19.9. The Balaban J connectivity index is 0.000000196. The molecule has 1 amide bonds. The minimum absolute atomic E-state index is 0.0790. The van der Waals surface area contributed by atoms with Gasteiger partial charge in [-0.05, 0) is 57.2 Å². The van der Waals surface area contributed by atoms with E-state index in [2.05, 4.69) is 19.9 Å². The molecule has 1 fully saturated rings. The maximum atomic E-state index is 12.4. The molecule has 3 aromatic heterocycles. The molecule has 0 saturated carbocycles. The number of aryl methyl sites for hydroxylation is 1. The van der Waals surface area contributed by atoms with E-state index < -0.39 is 5.54 Å². The number of nitrogens with two attached hydrogens (primary N) is 1. The molecule has 0 aliphatic carbocycles. The van der Waals surface area contributed by atoms with Gasteiger partial charge in [0.2, 0.25) is 5.56 Å². The van der Waals surface area contributed by atoms with Crippen molar-refractivity contribution in [2.45, 2.75) is 58.9 Å². The van der Waals surface area contributed by atoms with E-state index >= 15 is 0 Å². The summed E-state index contributed by atoms with van der Waals surface area (Å²) in [5.74, 6) is 0.982. The number of nitrogens with one attached hydrogen (secondary N) is 1. The molecule has 0 atom stereocenters. The van der Waals surface area contributed by atoms with Gasteiger partial charge in [0.25, 0.3) is 5.91 Å². The van der Waals surface area contributed by atoms with Crippen LogP contribution in [-0.2, 0) is 5.54 Å². The Morgan fingerprint density at radius 2 is 1.82 bits per heavy atom. The molecule has 33 heavy (non-hydrogen) atoms. The molecule has 0 aromatic carbocycles. The molecular formula is C24H32N6O2S. The number of aromatic nitrogens is 4. The highest BCUT2D eigenvalue weighted by molar-refractivity contribution is 7.17. The van der Waals surface area contributed by atoms with Crippen LogP contribution in [0.15, 0.2) is 35.4 Å². The molecule has 1 saturated heterocycles. The molecule has 0 unspecified atom stereocenters. The van der Waals surface area contributed by atoms with Crippen molar-refractivity contribution in [3.8, 4) is 10.8 Å². The molecule has 0 spiro atoms. The molecule has 8 nitrogen and oxygen atoms in total. The van der Waals surface area contributed by atoms with Crippen molar-refractivity contribution in [3.63, 3.8) is 0 Å². The quantitative estimate of drug-likeness (QED) is 0.601. The van der Waals surface area contributed by atoms with E-state index in [4.69, 9.17) is 5.73 Å². The van der Waals surface area contributed by atoms with Crippen LogP contribution in [0.3, 0.4) is 0 Å². The van der Waals surface area contributed by atoms with E-state index in [-0.39, 0.29) is 11.5 Å². The Kier molecular flexibility index (Phi) is 7.76. The van der Waals surface area contributed by atoms with Gasteiger partial charge in [0.15, 0.2) is 10.8 Å². The third-order valence-corrected chi connectivity index (χ3v) is 6.51. The van der Waals surface area contributed by atoms with Gasteiger partial charge in [-0.1, -0.05) is 13.8 Å². The van der Waals surface area contributed by atoms with Crippen LogP contribution in [0.5, 0.6) is 0 Å². The number of aromatic amines is 1. The first-order chi connectivity index (χ1) is 15.6. The van der Waals surface area contributed by atoms with Crippen LogP contribution in [0, 0.1) is 6.92 Å². The minimum atomic E-state index is -0.460. The molecule has 1 aliphatic heterocycles. The van der Waals surface area contributed by atoms with Crippen molar-refractivity contribution in [1.82, 2.24) is 24.8 Å². The summed E-state index contributed by atoms with van der Waals surface area (Å²) in [4.78, 5) is 41.9. The largest absolute Gasteiger partial charge is 0.338 e. The second-order valence-electron chi connectivity index (χ2n) is 9.07. The van der Waals surface area contributed by atoms with Gasteiger partial charge < -0.3 is 15.6 Å². The van der Waals surface area contributed by atoms with E-state index in [1.807, 2.05) is 45.6 Å². The van der Waals surface area contributed by atoms with Gasteiger partial charge >= 0.3 is 0 Å². The fourth-order valence-electron chi connectivity index (χ4n) is 3.41. The van der Waals surface area contributed by atoms with Gasteiger partial charge in [-0.2, -0.15) is 0 Å². The van der Waals surface area contributed by atoms with E-state index in [1.54, 1.807) is 24.5 Å². The zero-order chi connectivity index (χ0) is 24.2. The van der Waals surface area contributed by atoms with Crippen molar-refractivity contribution in [1.29, 1.82) is 0 Å². The standard InChI is InChI=1S/C13H14N4OS.C11H18N2O/c1-9-10(13(18)17-7-2-3-8-17)19-12(16-9)11-14-5-4-6-15-11;1-7(2)9-5-8(11(3,4)12)6-10(14)13-9/h4-6H,2-3,7-8H2,1H3;5-7H,12H2,1-4H3,(H,13,14). The summed E-state index contributed by atoms with van der Waals surface area (Å²) >= 11 is 1.38. The second-order valence-corrected chi connectivity index (χ2v) is 10.1. The summed E-state index contributed by atoms with van der Waals surface area (Å²) in [5, 5.41) is 0.709. The van der Waals surface area contributed by atoms with Gasteiger partial charge in [-0.15, -0.1) is 11.3 Å². The molecule has 0 radical (unpaired) electrons. The van der Waals surface area contributed by atoms with Crippen molar-refractivity contribution >= 4 is 17.2 Å². The predicted octanol–water partition coefficient (Wildman–Crippen LogP) is 3.84. The van der Waals surface area contributed by atoms with Crippen LogP contribution in [0.4, 0.5) is 0 Å². The number of nitrogens with zero attached hydrogens (tertiary/aromatic N) is 4. The number of hydrogen-bond donors (Lipinski definition) is 2. The number of rotatable bonds is 4. The van der Waals surface area contributed by atoms with Crippen molar-refractivity contribution in [3.05, 3.63) is 62.8 Å². The first-order valence-corrected chi connectivity index (χ1v) is 12.0. The Bertz CT molecular complexity index is 1140. The number of amides is 1. The third-order valence-electron chi connectivity index (χ3n) is 5.37. The number of carbonyl (C=O) groups excluding carboxylic acids is 1. The maximum absolute atomic E-state index is 12.4. The van der Waals surface area contributed by atoms with Gasteiger partial charge in [0.1, 0.15) is 4.88 Å². The number of hydrogen-bond acceptors (Lipinski definition) is 7. The van der Waals surface area contributed by atoms with Crippen LogP contribution >= 0.6 is 11.3 Å². The molecule has 176 valence electrons. The molecule has 3 aromatic rings. The number of H-pyrrole nitrogens is 1. The lowest BCUT2D eigenvalue weighted by atomic mass is 9.94. The zero-order valence-corrected chi connectivity index (χ0v) is 20.7. The highest BCUT2D eigenvalue weighted by atomic mass is 32.1. The second kappa shape index (κ2) is 10.4. The van der Waals surface area contributed by atoms with Gasteiger partial charge in [0.05, 0.1) is 5.69 Å². The van der Waals surface area contributed by atoms with E-state index in [1.165, 1.54) is 11.3 Å². The summed E-state index contributed by atoms with van der Waals surface area (Å²) in [6.45, 7) is 11.4. The first kappa shape index (κ1) is 24.7. The summed E-state index contributed by atoms with van der Waals surface area (Å²) in [6, 6.07) is 5.29. The summed E-state index contributed by atoms with van der Waals surface area (Å²) < 4.78 is 0. The lowest BCUT2D eigenvalue weighted by Crippen LogP contribution is -2.30. The van der Waals surface area contributed by atoms with Gasteiger partial charge in [-0.3, -0.25) is 9.59 Å². The lowest BCUT2D eigenvalue weighted by molar-refractivity contribution is 0.0796. The van der Waals surface area contributed by atoms with Crippen molar-refractivity contribution in [2.24, 2.45) is 5.73 Å². The normalized spacial score (nSPS) is 13.7. The van der Waals surface area contributed by atoms with E-state index in [9.17, 15) is 9.59 Å². The van der Waals surface area contributed by atoms with Crippen molar-refractivity contribution in [2.75, 3.05) is 13.1 Å². The number of thiazole rings is 1. The van der Waals surface area contributed by atoms with Crippen LogP contribution in [0.25, 0.3) is 10.8 Å². The lowest BCUT2D eigenvalue weighted by Gasteiger charge is -2.20. The first-order valence-electron chi connectivity index (χ1n) is 11.1. The molecule has 9 heteroatoms. The molecular weight excluding hydrogens is 436 g/mol. The van der Waals surface area contributed by atoms with Crippen LogP contribution in [0.1, 0.15) is 73.1 Å². The summed E-state index contributed by atoms with van der Waals surface area (Å²) in [7, 11) is 0. The van der Waals surface area contributed by atoms with Crippen LogP contribution < -0.4 is 11.3 Å². The number of pyridine rings is 1. The fraction of sp³-hybridized carbons (Fsp3) is 0.458. The number of carbonyl (C=O) groups is 1. The summed E-state index contributed by atoms with van der Waals surface area (Å²) in [5.41, 5.74) is 7.99. The predicted molar refractivity (Wildman–Crippen MR) is 131 cm³/mol. The van der Waals surface area contributed by atoms with E-state index in [0.717, 1.165) is 42.9 Å². The monoisotopic (exact) mass is 468 g/mol. The maximum Gasteiger partial charge on any atom is 0.265 e.